The van der Waals surface area contributed by atoms with Crippen molar-refractivity contribution in [3.05, 3.63) is 0 Å². The Labute approximate surface area is 93.3 Å². The third kappa shape index (κ3) is 2.21. The summed E-state index contributed by atoms with van der Waals surface area (Å²) in [6, 6.07) is 0. The predicted octanol–water partition coefficient (Wildman–Crippen LogP) is 3.21. The van der Waals surface area contributed by atoms with Gasteiger partial charge in [-0.1, -0.05) is 20.3 Å². The lowest BCUT2D eigenvalue weighted by molar-refractivity contribution is -0.285. The van der Waals surface area contributed by atoms with Gasteiger partial charge in [-0.3, -0.25) is 0 Å². The van der Waals surface area contributed by atoms with Gasteiger partial charge < -0.3 is 9.47 Å². The molecular weight excluding hydrogens is 188 g/mol. The first kappa shape index (κ1) is 11.4. The zero-order valence-electron chi connectivity index (χ0n) is 10.5. The molecule has 0 amide bonds. The predicted molar refractivity (Wildman–Crippen MR) is 60.6 cm³/mol. The van der Waals surface area contributed by atoms with Gasteiger partial charge in [0.05, 0.1) is 13.2 Å². The summed E-state index contributed by atoms with van der Waals surface area (Å²) in [6.45, 7) is 10.5. The molecule has 88 valence electrons. The highest BCUT2D eigenvalue weighted by atomic mass is 16.7. The zero-order valence-corrected chi connectivity index (χ0v) is 10.5. The highest BCUT2D eigenvalue weighted by molar-refractivity contribution is 4.94. The van der Waals surface area contributed by atoms with Gasteiger partial charge in [0, 0.05) is 5.41 Å². The molecule has 1 spiro atoms. The van der Waals surface area contributed by atoms with Crippen LogP contribution in [0.4, 0.5) is 0 Å². The van der Waals surface area contributed by atoms with Crippen molar-refractivity contribution in [1.29, 1.82) is 0 Å². The number of rotatable bonds is 1. The fourth-order valence-corrected chi connectivity index (χ4v) is 3.21. The lowest BCUT2D eigenvalue weighted by Crippen LogP contribution is -2.45. The van der Waals surface area contributed by atoms with Crippen LogP contribution in [0.15, 0.2) is 0 Å². The Morgan fingerprint density at radius 3 is 2.20 bits per heavy atom. The summed E-state index contributed by atoms with van der Waals surface area (Å²) in [5.74, 6) is 1.35. The molecule has 0 unspecified atom stereocenters. The molecule has 2 nitrogen and oxygen atoms in total. The Bertz CT molecular complexity index is 225. The number of ether oxygens (including phenoxy) is 2. The molecule has 1 saturated carbocycles. The van der Waals surface area contributed by atoms with E-state index in [0.717, 1.165) is 25.0 Å². The van der Waals surface area contributed by atoms with Gasteiger partial charge in [-0.2, -0.15) is 0 Å². The molecule has 0 aromatic rings. The van der Waals surface area contributed by atoms with E-state index in [-0.39, 0.29) is 5.79 Å². The van der Waals surface area contributed by atoms with Gasteiger partial charge in [0.15, 0.2) is 5.79 Å². The summed E-state index contributed by atoms with van der Waals surface area (Å²) in [5.41, 5.74) is 0.329. The average molecular weight is 212 g/mol. The largest absolute Gasteiger partial charge is 0.350 e. The zero-order chi connectivity index (χ0) is 11.1. The van der Waals surface area contributed by atoms with Crippen molar-refractivity contribution < 1.29 is 9.47 Å². The van der Waals surface area contributed by atoms with Crippen LogP contribution in [-0.2, 0) is 9.47 Å². The van der Waals surface area contributed by atoms with E-state index >= 15 is 0 Å². The highest BCUT2D eigenvalue weighted by Crippen LogP contribution is 2.49. The smallest absolute Gasteiger partial charge is 0.162 e. The SMILES string of the molecule is CC[C@H]1CC2(COC(C)(C)OC2)C[C@@H]1C. The van der Waals surface area contributed by atoms with Crippen LogP contribution in [0.25, 0.3) is 0 Å². The minimum absolute atomic E-state index is 0.329. The normalized spacial score (nSPS) is 38.4. The van der Waals surface area contributed by atoms with Crippen molar-refractivity contribution in [2.45, 2.75) is 52.7 Å². The summed E-state index contributed by atoms with van der Waals surface area (Å²) >= 11 is 0. The average Bonchev–Trinajstić information content (AvgIpc) is 2.49. The van der Waals surface area contributed by atoms with Gasteiger partial charge in [-0.15, -0.1) is 0 Å². The molecule has 0 bridgehead atoms. The molecule has 0 radical (unpaired) electrons. The summed E-state index contributed by atoms with van der Waals surface area (Å²) in [5, 5.41) is 0. The van der Waals surface area contributed by atoms with E-state index in [4.69, 9.17) is 9.47 Å². The van der Waals surface area contributed by atoms with Crippen LogP contribution in [-0.4, -0.2) is 19.0 Å². The van der Waals surface area contributed by atoms with E-state index in [2.05, 4.69) is 13.8 Å². The second kappa shape index (κ2) is 3.74. The Balaban J connectivity index is 2.00. The Hall–Kier alpha value is -0.0800. The van der Waals surface area contributed by atoms with Crippen LogP contribution in [0.5, 0.6) is 0 Å². The Morgan fingerprint density at radius 1 is 1.13 bits per heavy atom. The summed E-state index contributed by atoms with van der Waals surface area (Å²) < 4.78 is 11.6. The minimum Gasteiger partial charge on any atom is -0.350 e. The first-order chi connectivity index (χ1) is 6.96. The molecule has 2 fully saturated rings. The maximum absolute atomic E-state index is 5.82. The molecule has 0 N–H and O–H groups in total. The second-order valence-electron chi connectivity index (χ2n) is 6.03. The lowest BCUT2D eigenvalue weighted by Gasteiger charge is -2.41. The van der Waals surface area contributed by atoms with Crippen LogP contribution in [0.3, 0.4) is 0 Å². The molecular formula is C13H24O2. The van der Waals surface area contributed by atoms with Gasteiger partial charge in [0.1, 0.15) is 0 Å². The van der Waals surface area contributed by atoms with Crippen LogP contribution < -0.4 is 0 Å². The monoisotopic (exact) mass is 212 g/mol. The third-order valence-electron chi connectivity index (χ3n) is 4.23. The molecule has 1 aliphatic heterocycles. The molecule has 2 aliphatic rings. The quantitative estimate of drug-likeness (QED) is 0.664. The maximum atomic E-state index is 5.82. The Morgan fingerprint density at radius 2 is 1.73 bits per heavy atom. The van der Waals surface area contributed by atoms with Crippen molar-refractivity contribution in [2.24, 2.45) is 17.3 Å². The van der Waals surface area contributed by atoms with Crippen molar-refractivity contribution in [3.63, 3.8) is 0 Å². The van der Waals surface area contributed by atoms with E-state index < -0.39 is 0 Å². The van der Waals surface area contributed by atoms with Crippen LogP contribution >= 0.6 is 0 Å². The topological polar surface area (TPSA) is 18.5 Å². The van der Waals surface area contributed by atoms with E-state index in [1.807, 2.05) is 13.8 Å². The molecule has 2 heteroatoms. The van der Waals surface area contributed by atoms with Gasteiger partial charge >= 0.3 is 0 Å². The molecule has 2 rings (SSSR count). The number of hydrogen-bond donors (Lipinski definition) is 0. The van der Waals surface area contributed by atoms with Gasteiger partial charge in [0.25, 0.3) is 0 Å². The fourth-order valence-electron chi connectivity index (χ4n) is 3.21. The van der Waals surface area contributed by atoms with Crippen molar-refractivity contribution in [2.75, 3.05) is 13.2 Å². The lowest BCUT2D eigenvalue weighted by atomic mass is 9.85. The number of hydrogen-bond acceptors (Lipinski definition) is 2. The van der Waals surface area contributed by atoms with E-state index in [1.165, 1.54) is 19.3 Å². The van der Waals surface area contributed by atoms with E-state index in [9.17, 15) is 0 Å². The molecule has 1 heterocycles. The van der Waals surface area contributed by atoms with Crippen LogP contribution in [0.2, 0.25) is 0 Å². The molecule has 0 aromatic carbocycles. The summed E-state index contributed by atoms with van der Waals surface area (Å²) in [7, 11) is 0. The van der Waals surface area contributed by atoms with Crippen molar-refractivity contribution in [3.8, 4) is 0 Å². The summed E-state index contributed by atoms with van der Waals surface area (Å²) in [6.07, 6.45) is 3.87. The van der Waals surface area contributed by atoms with Crippen LogP contribution in [0.1, 0.15) is 47.0 Å². The molecule has 1 aliphatic carbocycles. The second-order valence-corrected chi connectivity index (χ2v) is 6.03. The van der Waals surface area contributed by atoms with Gasteiger partial charge in [-0.25, -0.2) is 0 Å². The van der Waals surface area contributed by atoms with Crippen molar-refractivity contribution >= 4 is 0 Å². The fraction of sp³-hybridized carbons (Fsp3) is 1.00. The van der Waals surface area contributed by atoms with Gasteiger partial charge in [-0.05, 0) is 38.5 Å². The Kier molecular flexibility index (Phi) is 2.85. The van der Waals surface area contributed by atoms with Gasteiger partial charge in [0.2, 0.25) is 0 Å². The first-order valence-corrected chi connectivity index (χ1v) is 6.24. The molecule has 0 aromatic heterocycles. The highest BCUT2D eigenvalue weighted by Gasteiger charge is 2.47. The van der Waals surface area contributed by atoms with E-state index in [0.29, 0.717) is 5.41 Å². The minimum atomic E-state index is -0.362. The van der Waals surface area contributed by atoms with Crippen molar-refractivity contribution in [1.82, 2.24) is 0 Å². The molecule has 1 saturated heterocycles. The van der Waals surface area contributed by atoms with Crippen LogP contribution in [0, 0.1) is 17.3 Å². The maximum Gasteiger partial charge on any atom is 0.162 e. The molecule has 15 heavy (non-hydrogen) atoms. The van der Waals surface area contributed by atoms with E-state index in [1.54, 1.807) is 0 Å². The standard InChI is InChI=1S/C13H24O2/c1-5-11-7-13(6-10(11)2)8-14-12(3,4)15-9-13/h10-11H,5-9H2,1-4H3/t10-,11-/m0/s1. The first-order valence-electron chi connectivity index (χ1n) is 6.24. The third-order valence-corrected chi connectivity index (χ3v) is 4.23. The molecule has 2 atom stereocenters. The summed E-state index contributed by atoms with van der Waals surface area (Å²) in [4.78, 5) is 0.